The Hall–Kier alpha value is -2.31. The van der Waals surface area contributed by atoms with Crippen LogP contribution in [-0.2, 0) is 14.3 Å². The fourth-order valence-electron chi connectivity index (χ4n) is 3.70. The molecule has 0 aromatic carbocycles. The Morgan fingerprint density at radius 3 is 2.48 bits per heavy atom. The van der Waals surface area contributed by atoms with Crippen LogP contribution in [0.4, 0.5) is 0 Å². The lowest BCUT2D eigenvalue weighted by Crippen LogP contribution is -2.45. The van der Waals surface area contributed by atoms with Crippen molar-refractivity contribution in [2.75, 3.05) is 13.2 Å². The van der Waals surface area contributed by atoms with Gasteiger partial charge in [0, 0.05) is 11.7 Å². The topological polar surface area (TPSA) is 97.5 Å². The van der Waals surface area contributed by atoms with Gasteiger partial charge < -0.3 is 19.8 Å². The first-order valence-corrected chi connectivity index (χ1v) is 9.59. The maximum absolute atomic E-state index is 12.3. The maximum atomic E-state index is 12.3. The summed E-state index contributed by atoms with van der Waals surface area (Å²) in [6.45, 7) is 9.30. The Morgan fingerprint density at radius 2 is 1.81 bits per heavy atom. The zero-order valence-corrected chi connectivity index (χ0v) is 16.8. The lowest BCUT2D eigenvalue weighted by Gasteiger charge is -2.34. The number of carbonyl (C=O) groups excluding carboxylic acids is 3. The fourth-order valence-corrected chi connectivity index (χ4v) is 3.70. The summed E-state index contributed by atoms with van der Waals surface area (Å²) in [4.78, 5) is 39.4. The van der Waals surface area contributed by atoms with Gasteiger partial charge in [-0.1, -0.05) is 26.7 Å². The highest BCUT2D eigenvalue weighted by molar-refractivity contribution is 5.99. The third kappa shape index (κ3) is 4.90. The Balaban J connectivity index is 1.95. The van der Waals surface area contributed by atoms with Gasteiger partial charge in [0.2, 0.25) is 0 Å². The molecular weight excluding hydrogens is 348 g/mol. The molecule has 150 valence electrons. The van der Waals surface area contributed by atoms with Gasteiger partial charge in [-0.3, -0.25) is 4.79 Å². The number of aromatic amines is 1. The van der Waals surface area contributed by atoms with Crippen LogP contribution < -0.4 is 5.32 Å². The van der Waals surface area contributed by atoms with Gasteiger partial charge >= 0.3 is 11.9 Å². The summed E-state index contributed by atoms with van der Waals surface area (Å²) >= 11 is 0. The largest absolute Gasteiger partial charge is 0.462 e. The van der Waals surface area contributed by atoms with Crippen LogP contribution in [0.15, 0.2) is 0 Å². The number of carbonyl (C=O) groups is 3. The second-order valence-corrected chi connectivity index (χ2v) is 7.36. The van der Waals surface area contributed by atoms with E-state index in [1.807, 2.05) is 0 Å². The van der Waals surface area contributed by atoms with E-state index in [0.29, 0.717) is 28.7 Å². The van der Waals surface area contributed by atoms with E-state index in [1.54, 1.807) is 20.8 Å². The SMILES string of the molecule is CCOC(=O)c1c(C)[nH]c(C(=O)OCC(=O)N[C@H]2CCC[C@H](C)[C@@H]2C)c1C. The normalized spacial score (nSPS) is 22.2. The first-order chi connectivity index (χ1) is 12.8. The molecule has 1 aliphatic carbocycles. The molecular formula is C20H30N2O5. The fraction of sp³-hybridized carbons (Fsp3) is 0.650. The number of H-pyrrole nitrogens is 1. The molecule has 7 nitrogen and oxygen atoms in total. The van der Waals surface area contributed by atoms with Crippen LogP contribution in [0.5, 0.6) is 0 Å². The lowest BCUT2D eigenvalue weighted by molar-refractivity contribution is -0.125. The van der Waals surface area contributed by atoms with Crippen molar-refractivity contribution in [3.63, 3.8) is 0 Å². The summed E-state index contributed by atoms with van der Waals surface area (Å²) in [6.07, 6.45) is 3.22. The van der Waals surface area contributed by atoms with Gasteiger partial charge in [0.1, 0.15) is 5.69 Å². The molecule has 1 aromatic rings. The van der Waals surface area contributed by atoms with Crippen molar-refractivity contribution in [3.05, 3.63) is 22.5 Å². The number of aromatic nitrogens is 1. The van der Waals surface area contributed by atoms with E-state index in [9.17, 15) is 14.4 Å². The molecule has 2 N–H and O–H groups in total. The molecule has 0 unspecified atom stereocenters. The van der Waals surface area contributed by atoms with Crippen molar-refractivity contribution in [3.8, 4) is 0 Å². The van der Waals surface area contributed by atoms with Crippen molar-refractivity contribution < 1.29 is 23.9 Å². The standard InChI is InChI=1S/C20H30N2O5/c1-6-26-19(24)17-13(4)18(21-14(17)5)20(25)27-10-16(23)22-15-9-7-8-11(2)12(15)3/h11-12,15,21H,6-10H2,1-5H3,(H,22,23)/t11-,12-,15-/m0/s1. The predicted octanol–water partition coefficient (Wildman–Crippen LogP) is 2.91. The van der Waals surface area contributed by atoms with Gasteiger partial charge in [-0.15, -0.1) is 0 Å². The van der Waals surface area contributed by atoms with Crippen LogP contribution >= 0.6 is 0 Å². The summed E-state index contributed by atoms with van der Waals surface area (Å²) in [5, 5.41) is 2.97. The van der Waals surface area contributed by atoms with Crippen molar-refractivity contribution in [2.24, 2.45) is 11.8 Å². The molecule has 1 saturated carbocycles. The van der Waals surface area contributed by atoms with Crippen LogP contribution in [0, 0.1) is 25.7 Å². The minimum Gasteiger partial charge on any atom is -0.462 e. The van der Waals surface area contributed by atoms with Crippen LogP contribution in [-0.4, -0.2) is 42.1 Å². The highest BCUT2D eigenvalue weighted by atomic mass is 16.5. The Morgan fingerprint density at radius 1 is 1.11 bits per heavy atom. The molecule has 3 atom stereocenters. The molecule has 1 fully saturated rings. The monoisotopic (exact) mass is 378 g/mol. The van der Waals surface area contributed by atoms with E-state index < -0.39 is 11.9 Å². The van der Waals surface area contributed by atoms with Gasteiger partial charge in [-0.05, 0) is 44.6 Å². The van der Waals surface area contributed by atoms with Crippen molar-refractivity contribution >= 4 is 17.8 Å². The van der Waals surface area contributed by atoms with Gasteiger partial charge in [-0.25, -0.2) is 9.59 Å². The van der Waals surface area contributed by atoms with Crippen LogP contribution in [0.1, 0.15) is 72.1 Å². The summed E-state index contributed by atoms with van der Waals surface area (Å²) in [5.74, 6) is -0.482. The lowest BCUT2D eigenvalue weighted by atomic mass is 9.78. The van der Waals surface area contributed by atoms with Crippen LogP contribution in [0.25, 0.3) is 0 Å². The summed E-state index contributed by atoms with van der Waals surface area (Å²) in [7, 11) is 0. The second kappa shape index (κ2) is 9.06. The molecule has 7 heteroatoms. The predicted molar refractivity (Wildman–Crippen MR) is 101 cm³/mol. The minimum absolute atomic E-state index is 0.116. The highest BCUT2D eigenvalue weighted by Crippen LogP contribution is 2.29. The van der Waals surface area contributed by atoms with Gasteiger partial charge in [0.25, 0.3) is 5.91 Å². The molecule has 0 saturated heterocycles. The third-order valence-electron chi connectivity index (χ3n) is 5.51. The van der Waals surface area contributed by atoms with Gasteiger partial charge in [0.15, 0.2) is 6.61 Å². The number of hydrogen-bond donors (Lipinski definition) is 2. The van der Waals surface area contributed by atoms with Crippen LogP contribution in [0.2, 0.25) is 0 Å². The molecule has 1 aliphatic rings. The molecule has 2 rings (SSSR count). The van der Waals surface area contributed by atoms with Crippen molar-refractivity contribution in [1.82, 2.24) is 10.3 Å². The molecule has 1 heterocycles. The number of nitrogens with one attached hydrogen (secondary N) is 2. The Labute approximate surface area is 160 Å². The molecule has 0 aliphatic heterocycles. The summed E-state index contributed by atoms with van der Waals surface area (Å²) in [6, 6.07) is 0.116. The molecule has 0 radical (unpaired) electrons. The Kier molecular flexibility index (Phi) is 7.05. The first kappa shape index (κ1) is 21.0. The van der Waals surface area contributed by atoms with E-state index >= 15 is 0 Å². The third-order valence-corrected chi connectivity index (χ3v) is 5.51. The number of esters is 2. The molecule has 27 heavy (non-hydrogen) atoms. The highest BCUT2D eigenvalue weighted by Gasteiger charge is 2.29. The van der Waals surface area contributed by atoms with E-state index in [0.717, 1.165) is 12.8 Å². The number of hydrogen-bond acceptors (Lipinski definition) is 5. The molecule has 1 amide bonds. The van der Waals surface area contributed by atoms with Crippen molar-refractivity contribution in [2.45, 2.75) is 59.9 Å². The summed E-state index contributed by atoms with van der Waals surface area (Å²) in [5.41, 5.74) is 1.50. The molecule has 0 bridgehead atoms. The van der Waals surface area contributed by atoms with Gasteiger partial charge in [0.05, 0.1) is 12.2 Å². The molecule has 1 aromatic heterocycles. The van der Waals surface area contributed by atoms with E-state index in [2.05, 4.69) is 24.1 Å². The first-order valence-electron chi connectivity index (χ1n) is 9.59. The number of aryl methyl sites for hydroxylation is 1. The van der Waals surface area contributed by atoms with Gasteiger partial charge in [-0.2, -0.15) is 0 Å². The Bertz CT molecular complexity index is 709. The summed E-state index contributed by atoms with van der Waals surface area (Å²) < 4.78 is 10.2. The second-order valence-electron chi connectivity index (χ2n) is 7.36. The molecule has 0 spiro atoms. The zero-order chi connectivity index (χ0) is 20.1. The zero-order valence-electron chi connectivity index (χ0n) is 16.8. The minimum atomic E-state index is -0.661. The van der Waals surface area contributed by atoms with Crippen LogP contribution in [0.3, 0.4) is 0 Å². The van der Waals surface area contributed by atoms with E-state index in [-0.39, 0.29) is 30.9 Å². The average Bonchev–Trinajstić information content (AvgIpc) is 2.91. The average molecular weight is 378 g/mol. The van der Waals surface area contributed by atoms with E-state index in [4.69, 9.17) is 9.47 Å². The maximum Gasteiger partial charge on any atom is 0.355 e. The van der Waals surface area contributed by atoms with Crippen molar-refractivity contribution in [1.29, 1.82) is 0 Å². The number of amides is 1. The smallest absolute Gasteiger partial charge is 0.355 e. The number of ether oxygens (including phenoxy) is 2. The quantitative estimate of drug-likeness (QED) is 0.742. The number of rotatable bonds is 6. The van der Waals surface area contributed by atoms with E-state index in [1.165, 1.54) is 6.42 Å².